The van der Waals surface area contributed by atoms with E-state index in [4.69, 9.17) is 0 Å². The van der Waals surface area contributed by atoms with Gasteiger partial charge in [0.1, 0.15) is 28.0 Å². The Hall–Kier alpha value is -3.32. The number of hydrogen-bond donors (Lipinski definition) is 2. The summed E-state index contributed by atoms with van der Waals surface area (Å²) in [5, 5.41) is 11.8. The van der Waals surface area contributed by atoms with Crippen molar-refractivity contribution in [1.82, 2.24) is 0 Å². The molecule has 0 atom stereocenters. The van der Waals surface area contributed by atoms with Gasteiger partial charge < -0.3 is 15.2 Å². The molecule has 0 fully saturated rings. The summed E-state index contributed by atoms with van der Waals surface area (Å²) in [5.74, 6) is -3.50. The molecule has 0 aliphatic heterocycles. The third-order valence-electron chi connectivity index (χ3n) is 4.70. The molecule has 192 valence electrons. The number of phenolic OH excluding ortho intramolecular Hbond substituents is 1. The molecule has 0 saturated heterocycles. The number of halogens is 5. The van der Waals surface area contributed by atoms with Gasteiger partial charge in [-0.05, 0) is 48.4 Å². The predicted molar refractivity (Wildman–Crippen MR) is 123 cm³/mol. The fourth-order valence-corrected chi connectivity index (χ4v) is 4.72. The lowest BCUT2D eigenvalue weighted by Crippen LogP contribution is -2.17. The van der Waals surface area contributed by atoms with Gasteiger partial charge in [-0.2, -0.15) is 0 Å². The van der Waals surface area contributed by atoms with Gasteiger partial charge in [-0.1, -0.05) is 12.1 Å². The molecule has 0 unspecified atom stereocenters. The minimum atomic E-state index is -4.78. The molecule has 36 heavy (non-hydrogen) atoms. The van der Waals surface area contributed by atoms with Crippen molar-refractivity contribution >= 4 is 33.2 Å². The van der Waals surface area contributed by atoms with E-state index in [1.54, 1.807) is 0 Å². The Morgan fingerprint density at radius 2 is 1.69 bits per heavy atom. The van der Waals surface area contributed by atoms with E-state index in [0.29, 0.717) is 23.8 Å². The number of anilines is 1. The molecule has 1 amide bonds. The molecule has 3 rings (SSSR count). The summed E-state index contributed by atoms with van der Waals surface area (Å²) in [6, 6.07) is 10.1. The maximum atomic E-state index is 14.5. The monoisotopic (exact) mass is 547 g/mol. The number of ether oxygens (including phenoxy) is 1. The normalized spacial score (nSPS) is 11.8. The van der Waals surface area contributed by atoms with Gasteiger partial charge in [-0.3, -0.25) is 4.79 Å². The van der Waals surface area contributed by atoms with Gasteiger partial charge in [0.15, 0.2) is 9.84 Å². The second kappa shape index (κ2) is 10.7. The maximum absolute atomic E-state index is 14.5. The lowest BCUT2D eigenvalue weighted by Gasteiger charge is -2.11. The van der Waals surface area contributed by atoms with Crippen LogP contribution in [0.1, 0.15) is 15.9 Å². The van der Waals surface area contributed by atoms with Crippen LogP contribution in [0, 0.1) is 11.6 Å². The standard InChI is InChI=1S/C23H18F5NO5S2/c1-36(32,33)21-12-18(16(24)11-19(21)30)29-22(31)14-4-7-20(17(25)10-14)35-9-8-13-2-5-15(6-3-13)34-23(26,27)28/h2-7,10-12,30H,8-9H2,1H3,(H,29,31). The average Bonchev–Trinajstić information content (AvgIpc) is 2.76. The second-order valence-corrected chi connectivity index (χ2v) is 10.6. The third kappa shape index (κ3) is 7.34. The first-order valence-electron chi connectivity index (χ1n) is 10.0. The second-order valence-electron chi connectivity index (χ2n) is 7.46. The number of hydrogen-bond acceptors (Lipinski definition) is 6. The quantitative estimate of drug-likeness (QED) is 0.166. The molecular weight excluding hydrogens is 529 g/mol. The van der Waals surface area contributed by atoms with Crippen molar-refractivity contribution in [2.75, 3.05) is 17.3 Å². The molecule has 0 radical (unpaired) electrons. The van der Waals surface area contributed by atoms with Crippen LogP contribution < -0.4 is 10.1 Å². The molecule has 3 aromatic rings. The SMILES string of the molecule is CS(=O)(=O)c1cc(NC(=O)c2ccc(SCCc3ccc(OC(F)(F)F)cc3)c(F)c2)c(F)cc1O. The molecule has 0 saturated carbocycles. The van der Waals surface area contributed by atoms with E-state index in [1.807, 2.05) is 0 Å². The van der Waals surface area contributed by atoms with Crippen molar-refractivity contribution in [2.24, 2.45) is 0 Å². The van der Waals surface area contributed by atoms with Crippen molar-refractivity contribution in [3.63, 3.8) is 0 Å². The minimum Gasteiger partial charge on any atom is -0.506 e. The Morgan fingerprint density at radius 3 is 2.28 bits per heavy atom. The zero-order chi connectivity index (χ0) is 26.7. The van der Waals surface area contributed by atoms with Crippen LogP contribution >= 0.6 is 11.8 Å². The maximum Gasteiger partial charge on any atom is 0.573 e. The van der Waals surface area contributed by atoms with Gasteiger partial charge in [0.25, 0.3) is 5.91 Å². The average molecular weight is 548 g/mol. The van der Waals surface area contributed by atoms with Crippen LogP contribution in [0.15, 0.2) is 64.4 Å². The summed E-state index contributed by atoms with van der Waals surface area (Å²) < 4.78 is 92.5. The number of aryl methyl sites for hydroxylation is 1. The number of thioether (sulfide) groups is 1. The van der Waals surface area contributed by atoms with Crippen LogP contribution in [0.2, 0.25) is 0 Å². The molecule has 0 aliphatic rings. The fraction of sp³-hybridized carbons (Fsp3) is 0.174. The number of benzene rings is 3. The van der Waals surface area contributed by atoms with Crippen molar-refractivity contribution in [2.45, 2.75) is 22.6 Å². The number of amides is 1. The Morgan fingerprint density at radius 1 is 1.03 bits per heavy atom. The zero-order valence-corrected chi connectivity index (χ0v) is 20.0. The number of carbonyl (C=O) groups is 1. The van der Waals surface area contributed by atoms with E-state index in [-0.39, 0.29) is 16.2 Å². The lowest BCUT2D eigenvalue weighted by atomic mass is 10.2. The zero-order valence-electron chi connectivity index (χ0n) is 18.4. The van der Waals surface area contributed by atoms with Crippen molar-refractivity contribution in [1.29, 1.82) is 0 Å². The number of phenols is 1. The Labute approximate surface area is 207 Å². The topological polar surface area (TPSA) is 92.7 Å². The van der Waals surface area contributed by atoms with E-state index in [9.17, 15) is 40.3 Å². The van der Waals surface area contributed by atoms with Crippen LogP contribution in [0.3, 0.4) is 0 Å². The van der Waals surface area contributed by atoms with Gasteiger partial charge in [0.05, 0.1) is 5.69 Å². The Kier molecular flexibility index (Phi) is 8.14. The van der Waals surface area contributed by atoms with Crippen LogP contribution in [0.5, 0.6) is 11.5 Å². The Bertz CT molecular complexity index is 1380. The largest absolute Gasteiger partial charge is 0.573 e. The van der Waals surface area contributed by atoms with Gasteiger partial charge >= 0.3 is 6.36 Å². The predicted octanol–water partition coefficient (Wildman–Crippen LogP) is 5.56. The smallest absolute Gasteiger partial charge is 0.506 e. The first kappa shape index (κ1) is 27.3. The van der Waals surface area contributed by atoms with E-state index >= 15 is 0 Å². The number of sulfone groups is 1. The van der Waals surface area contributed by atoms with Gasteiger partial charge in [-0.15, -0.1) is 24.9 Å². The summed E-state index contributed by atoms with van der Waals surface area (Å²) in [6.07, 6.45) is -3.56. The molecule has 0 spiro atoms. The number of alkyl halides is 3. The summed E-state index contributed by atoms with van der Waals surface area (Å²) in [7, 11) is -3.91. The number of carbonyl (C=O) groups excluding carboxylic acids is 1. The molecule has 3 aromatic carbocycles. The van der Waals surface area contributed by atoms with Crippen LogP contribution in [0.4, 0.5) is 27.6 Å². The first-order chi connectivity index (χ1) is 16.7. The van der Waals surface area contributed by atoms with Crippen molar-refractivity contribution < 1.29 is 45.0 Å². The molecule has 0 aliphatic carbocycles. The molecule has 2 N–H and O–H groups in total. The molecule has 0 bridgehead atoms. The third-order valence-corrected chi connectivity index (χ3v) is 6.87. The highest BCUT2D eigenvalue weighted by Gasteiger charge is 2.31. The van der Waals surface area contributed by atoms with Crippen LogP contribution in [0.25, 0.3) is 0 Å². The van der Waals surface area contributed by atoms with Crippen LogP contribution in [-0.2, 0) is 16.3 Å². The highest BCUT2D eigenvalue weighted by atomic mass is 32.2. The van der Waals surface area contributed by atoms with Gasteiger partial charge in [-0.25, -0.2) is 17.2 Å². The van der Waals surface area contributed by atoms with Gasteiger partial charge in [0, 0.05) is 28.5 Å². The lowest BCUT2D eigenvalue weighted by molar-refractivity contribution is -0.274. The molecule has 0 heterocycles. The molecule has 13 heteroatoms. The summed E-state index contributed by atoms with van der Waals surface area (Å²) in [4.78, 5) is 12.1. The Balaban J connectivity index is 1.62. The van der Waals surface area contributed by atoms with Gasteiger partial charge in [0.2, 0.25) is 0 Å². The van der Waals surface area contributed by atoms with Crippen LogP contribution in [-0.4, -0.2) is 37.8 Å². The molecule has 0 aromatic heterocycles. The summed E-state index contributed by atoms with van der Waals surface area (Å²) >= 11 is 1.12. The fourth-order valence-electron chi connectivity index (χ4n) is 3.03. The highest BCUT2D eigenvalue weighted by molar-refractivity contribution is 7.99. The van der Waals surface area contributed by atoms with E-state index < -0.39 is 50.1 Å². The first-order valence-corrected chi connectivity index (χ1v) is 12.9. The molecule has 6 nitrogen and oxygen atoms in total. The number of nitrogens with one attached hydrogen (secondary N) is 1. The van der Waals surface area contributed by atoms with Crippen molar-refractivity contribution in [3.05, 3.63) is 77.4 Å². The summed E-state index contributed by atoms with van der Waals surface area (Å²) in [5.41, 5.74) is 0.0343. The highest BCUT2D eigenvalue weighted by Crippen LogP contribution is 2.30. The summed E-state index contributed by atoms with van der Waals surface area (Å²) in [6.45, 7) is 0. The molecular formula is C23H18F5NO5S2. The van der Waals surface area contributed by atoms with Crippen molar-refractivity contribution in [3.8, 4) is 11.5 Å². The van der Waals surface area contributed by atoms with E-state index in [0.717, 1.165) is 30.2 Å². The van der Waals surface area contributed by atoms with E-state index in [2.05, 4.69) is 10.1 Å². The number of aromatic hydroxyl groups is 1. The minimum absolute atomic E-state index is 0.162. The number of rotatable bonds is 8. The van der Waals surface area contributed by atoms with E-state index in [1.165, 1.54) is 36.4 Å².